The summed E-state index contributed by atoms with van der Waals surface area (Å²) in [7, 11) is 0. The lowest BCUT2D eigenvalue weighted by molar-refractivity contribution is -0.139. The number of nitrogens with zero attached hydrogens (tertiary/aromatic N) is 4. The summed E-state index contributed by atoms with van der Waals surface area (Å²) in [6.45, 7) is 3.48. The number of benzene rings is 2. The van der Waals surface area contributed by atoms with Gasteiger partial charge in [-0.3, -0.25) is 33.8 Å². The number of aliphatic carboxylic acids is 3. The van der Waals surface area contributed by atoms with E-state index in [4.69, 9.17) is 9.84 Å². The molecule has 0 aliphatic carbocycles. The Morgan fingerprint density at radius 1 is 0.720 bits per heavy atom. The highest BCUT2D eigenvalue weighted by atomic mass is 16.5. The van der Waals surface area contributed by atoms with Crippen molar-refractivity contribution in [2.75, 3.05) is 85.1 Å². The number of hydrogen-bond donors (Lipinski definition) is 6. The Bertz CT molecular complexity index is 1490. The minimum atomic E-state index is -0.993. The van der Waals surface area contributed by atoms with Gasteiger partial charge in [0.05, 0.1) is 25.4 Å². The molecule has 6 N–H and O–H groups in total. The number of aromatic hydroxyl groups is 2. The first-order valence-electron chi connectivity index (χ1n) is 16.5. The minimum absolute atomic E-state index is 0.0540. The summed E-state index contributed by atoms with van der Waals surface area (Å²) in [5, 5.41) is 51.2. The van der Waals surface area contributed by atoms with Crippen LogP contribution in [0.2, 0.25) is 0 Å². The summed E-state index contributed by atoms with van der Waals surface area (Å²) in [4.78, 5) is 67.8. The van der Waals surface area contributed by atoms with Crippen LogP contribution in [0.1, 0.15) is 40.2 Å². The molecular formula is C34H45N5O11. The number of carbonyl (C=O) groups is 5. The van der Waals surface area contributed by atoms with Gasteiger partial charge < -0.3 is 45.4 Å². The number of phenolic OH excluding ortho intramolecular Hbond substituents is 2. The molecule has 16 nitrogen and oxygen atoms in total. The molecule has 4 rings (SSSR count). The first-order chi connectivity index (χ1) is 23.9. The van der Waals surface area contributed by atoms with Gasteiger partial charge in [0.25, 0.3) is 0 Å². The number of fused-ring (bicyclic) bond motifs is 1. The Balaban J connectivity index is 1.35. The van der Waals surface area contributed by atoms with E-state index >= 15 is 0 Å². The van der Waals surface area contributed by atoms with Crippen molar-refractivity contribution in [1.29, 1.82) is 0 Å². The third-order valence-corrected chi connectivity index (χ3v) is 8.84. The molecule has 2 aromatic rings. The van der Waals surface area contributed by atoms with Gasteiger partial charge in [-0.05, 0) is 35.4 Å². The number of carboxylic acids is 3. The lowest BCUT2D eigenvalue weighted by Crippen LogP contribution is -2.48. The molecule has 0 aromatic heterocycles. The number of carbonyl (C=O) groups excluding carboxylic acids is 2. The Kier molecular flexibility index (Phi) is 13.9. The van der Waals surface area contributed by atoms with Gasteiger partial charge in [0.2, 0.25) is 5.91 Å². The second kappa shape index (κ2) is 18.3. The van der Waals surface area contributed by atoms with Gasteiger partial charge in [0, 0.05) is 78.4 Å². The van der Waals surface area contributed by atoms with Gasteiger partial charge in [0.1, 0.15) is 29.4 Å². The summed E-state index contributed by atoms with van der Waals surface area (Å²) >= 11 is 0. The third-order valence-electron chi connectivity index (χ3n) is 8.84. The quantitative estimate of drug-likeness (QED) is 0.166. The number of hydrogen-bond acceptors (Lipinski definition) is 12. The molecule has 1 atom stereocenters. The Morgan fingerprint density at radius 2 is 1.24 bits per heavy atom. The fourth-order valence-electron chi connectivity index (χ4n) is 6.02. The number of carboxylic acid groups (broad SMARTS) is 3. The molecule has 2 aliphatic rings. The Hall–Kier alpha value is -4.77. The second-order valence-electron chi connectivity index (χ2n) is 12.5. The normalized spacial score (nSPS) is 18.6. The SMILES string of the molecule is O=C(O)CCN1CCN(CC(=O)O)CCN(CCC(=O)NCc2cc(O)c3c(c2)OCC(c2ccc(O)cc2)C3=O)CCN(CC(=O)O)CC1. The van der Waals surface area contributed by atoms with Gasteiger partial charge >= 0.3 is 17.9 Å². The van der Waals surface area contributed by atoms with Gasteiger partial charge in [0.15, 0.2) is 5.78 Å². The number of nitrogens with one attached hydrogen (secondary N) is 1. The molecule has 1 saturated heterocycles. The molecule has 1 fully saturated rings. The summed E-state index contributed by atoms with van der Waals surface area (Å²) < 4.78 is 5.83. The van der Waals surface area contributed by atoms with Crippen molar-refractivity contribution in [2.45, 2.75) is 25.3 Å². The van der Waals surface area contributed by atoms with E-state index in [9.17, 15) is 44.4 Å². The first kappa shape index (κ1) is 38.0. The van der Waals surface area contributed by atoms with Crippen molar-refractivity contribution in [2.24, 2.45) is 0 Å². The highest BCUT2D eigenvalue weighted by molar-refractivity contribution is 6.06. The van der Waals surface area contributed by atoms with Crippen LogP contribution in [0.25, 0.3) is 0 Å². The summed E-state index contributed by atoms with van der Waals surface area (Å²) in [6.07, 6.45) is 0.0122. The number of rotatable bonds is 13. The molecule has 272 valence electrons. The Morgan fingerprint density at radius 3 is 1.76 bits per heavy atom. The molecule has 50 heavy (non-hydrogen) atoms. The molecule has 1 amide bonds. The molecule has 0 saturated carbocycles. The zero-order valence-corrected chi connectivity index (χ0v) is 27.8. The summed E-state index contributed by atoms with van der Waals surface area (Å²) in [6, 6.07) is 9.23. The van der Waals surface area contributed by atoms with E-state index in [1.54, 1.807) is 28.0 Å². The van der Waals surface area contributed by atoms with E-state index in [1.807, 2.05) is 9.80 Å². The van der Waals surface area contributed by atoms with Gasteiger partial charge in [-0.25, -0.2) is 0 Å². The van der Waals surface area contributed by atoms with Crippen LogP contribution in [0.5, 0.6) is 17.2 Å². The minimum Gasteiger partial charge on any atom is -0.508 e. The Labute approximate surface area is 289 Å². The van der Waals surface area contributed by atoms with Crippen molar-refractivity contribution in [3.63, 3.8) is 0 Å². The molecule has 2 aliphatic heterocycles. The highest BCUT2D eigenvalue weighted by Crippen LogP contribution is 2.38. The van der Waals surface area contributed by atoms with E-state index in [2.05, 4.69) is 5.32 Å². The van der Waals surface area contributed by atoms with E-state index < -0.39 is 23.8 Å². The maximum Gasteiger partial charge on any atom is 0.317 e. The number of Topliss-reactive ketones (excluding diaryl/α,β-unsaturated/α-hetero) is 1. The molecule has 0 radical (unpaired) electrons. The lowest BCUT2D eigenvalue weighted by atomic mass is 9.88. The van der Waals surface area contributed by atoms with Crippen LogP contribution in [0.3, 0.4) is 0 Å². The monoisotopic (exact) mass is 699 g/mol. The zero-order chi connectivity index (χ0) is 36.2. The van der Waals surface area contributed by atoms with Crippen LogP contribution < -0.4 is 10.1 Å². The van der Waals surface area contributed by atoms with E-state index in [0.29, 0.717) is 70.0 Å². The maximum atomic E-state index is 13.2. The molecule has 0 bridgehead atoms. The first-order valence-corrected chi connectivity index (χ1v) is 16.5. The number of amides is 1. The number of ketones is 1. The van der Waals surface area contributed by atoms with Crippen LogP contribution in [0.15, 0.2) is 36.4 Å². The van der Waals surface area contributed by atoms with Crippen LogP contribution in [0.4, 0.5) is 0 Å². The molecule has 0 spiro atoms. The smallest absolute Gasteiger partial charge is 0.317 e. The highest BCUT2D eigenvalue weighted by Gasteiger charge is 2.33. The van der Waals surface area contributed by atoms with Crippen molar-refractivity contribution >= 4 is 29.6 Å². The van der Waals surface area contributed by atoms with Crippen LogP contribution in [-0.2, 0) is 25.7 Å². The van der Waals surface area contributed by atoms with E-state index in [0.717, 1.165) is 0 Å². The predicted molar refractivity (Wildman–Crippen MR) is 179 cm³/mol. The van der Waals surface area contributed by atoms with E-state index in [1.165, 1.54) is 18.2 Å². The molecule has 2 aromatic carbocycles. The van der Waals surface area contributed by atoms with Crippen molar-refractivity contribution < 1.29 is 54.2 Å². The topological polar surface area (TPSA) is 221 Å². The number of ether oxygens (including phenoxy) is 1. The largest absolute Gasteiger partial charge is 0.508 e. The van der Waals surface area contributed by atoms with Gasteiger partial charge in [-0.15, -0.1) is 0 Å². The molecular weight excluding hydrogens is 654 g/mol. The van der Waals surface area contributed by atoms with Crippen molar-refractivity contribution in [3.05, 3.63) is 53.1 Å². The van der Waals surface area contributed by atoms with Crippen molar-refractivity contribution in [3.8, 4) is 17.2 Å². The molecule has 2 heterocycles. The molecule has 16 heteroatoms. The van der Waals surface area contributed by atoms with Crippen molar-refractivity contribution in [1.82, 2.24) is 24.9 Å². The fourth-order valence-corrected chi connectivity index (χ4v) is 6.02. The van der Waals surface area contributed by atoms with E-state index in [-0.39, 0.29) is 80.1 Å². The van der Waals surface area contributed by atoms with Crippen LogP contribution >= 0.6 is 0 Å². The average molecular weight is 700 g/mol. The predicted octanol–water partition coefficient (Wildman–Crippen LogP) is 0.329. The summed E-state index contributed by atoms with van der Waals surface area (Å²) in [5.74, 6) is -4.14. The van der Waals surface area contributed by atoms with Gasteiger partial charge in [-0.1, -0.05) is 12.1 Å². The molecule has 1 unspecified atom stereocenters. The van der Waals surface area contributed by atoms with Crippen LogP contribution in [0, 0.1) is 0 Å². The number of phenols is 2. The van der Waals surface area contributed by atoms with Gasteiger partial charge in [-0.2, -0.15) is 0 Å². The zero-order valence-electron chi connectivity index (χ0n) is 27.8. The average Bonchev–Trinajstić information content (AvgIpc) is 3.05. The second-order valence-corrected chi connectivity index (χ2v) is 12.5. The van der Waals surface area contributed by atoms with Crippen LogP contribution in [-0.4, -0.2) is 160 Å². The third kappa shape index (κ3) is 11.7. The standard InChI is InChI=1S/C34H45N5O11/c40-25-3-1-24(2-4-25)26-22-50-28-18-23(17-27(41)33(28)34(26)49)19-35-29(42)5-7-36-9-13-38(20-31(45)46)15-11-37(8-6-30(43)44)12-16-39(14-10-36)21-32(47)48/h1-4,17-18,26,40-41H,5-16,19-22H2,(H,35,42)(H,43,44)(H,45,46)(H,47,48). The lowest BCUT2D eigenvalue weighted by Gasteiger charge is -2.33. The maximum absolute atomic E-state index is 13.2. The summed E-state index contributed by atoms with van der Waals surface area (Å²) in [5.41, 5.74) is 1.24. The fraction of sp³-hybridized carbons (Fsp3) is 0.500.